The van der Waals surface area contributed by atoms with Gasteiger partial charge in [-0.3, -0.25) is 4.90 Å². The van der Waals surface area contributed by atoms with E-state index in [-0.39, 0.29) is 0 Å². The zero-order valence-corrected chi connectivity index (χ0v) is 12.6. The van der Waals surface area contributed by atoms with Gasteiger partial charge in [-0.15, -0.1) is 0 Å². The lowest BCUT2D eigenvalue weighted by Gasteiger charge is -2.44. The highest BCUT2D eigenvalue weighted by Crippen LogP contribution is 2.45. The van der Waals surface area contributed by atoms with Gasteiger partial charge in [0.15, 0.2) is 0 Å². The molecule has 1 heterocycles. The maximum absolute atomic E-state index is 3.73. The third kappa shape index (κ3) is 2.77. The van der Waals surface area contributed by atoms with Crippen LogP contribution in [-0.4, -0.2) is 22.8 Å². The maximum Gasteiger partial charge on any atom is 0.0245 e. The van der Waals surface area contributed by atoms with Gasteiger partial charge in [0, 0.05) is 24.5 Å². The third-order valence-electron chi connectivity index (χ3n) is 4.27. The van der Waals surface area contributed by atoms with Crippen LogP contribution >= 0.6 is 27.3 Å². The van der Waals surface area contributed by atoms with E-state index in [1.165, 1.54) is 56.1 Å². The molecule has 2 saturated carbocycles. The molecule has 1 aromatic heterocycles. The molecule has 94 valence electrons. The minimum Gasteiger partial charge on any atom is -0.296 e. The molecule has 0 aliphatic heterocycles. The van der Waals surface area contributed by atoms with Crippen molar-refractivity contribution in [3.05, 3.63) is 22.4 Å². The normalized spacial score (nSPS) is 22.7. The number of nitrogens with zero attached hydrogens (tertiary/aromatic N) is 1. The summed E-state index contributed by atoms with van der Waals surface area (Å²) < 4.78 is 0. The molecule has 0 bridgehead atoms. The topological polar surface area (TPSA) is 3.24 Å². The molecule has 2 fully saturated rings. The number of hydrogen-bond acceptors (Lipinski definition) is 2. The summed E-state index contributed by atoms with van der Waals surface area (Å²) in [6.07, 6.45) is 7.11. The summed E-state index contributed by atoms with van der Waals surface area (Å²) >= 11 is 5.56. The van der Waals surface area contributed by atoms with E-state index in [9.17, 15) is 0 Å². The fraction of sp³-hybridized carbons (Fsp3) is 0.714. The lowest BCUT2D eigenvalue weighted by atomic mass is 9.70. The van der Waals surface area contributed by atoms with Crippen LogP contribution in [0.15, 0.2) is 16.8 Å². The van der Waals surface area contributed by atoms with Crippen LogP contribution in [0.5, 0.6) is 0 Å². The molecule has 0 unspecified atom stereocenters. The van der Waals surface area contributed by atoms with Gasteiger partial charge in [-0.25, -0.2) is 0 Å². The van der Waals surface area contributed by atoms with Gasteiger partial charge in [0.1, 0.15) is 0 Å². The minimum atomic E-state index is 0.596. The Labute approximate surface area is 116 Å². The summed E-state index contributed by atoms with van der Waals surface area (Å²) in [6.45, 7) is 2.47. The molecule has 3 heteroatoms. The van der Waals surface area contributed by atoms with Crippen LogP contribution in [0.2, 0.25) is 0 Å². The van der Waals surface area contributed by atoms with Gasteiger partial charge in [-0.05, 0) is 53.5 Å². The van der Waals surface area contributed by atoms with Crippen LogP contribution < -0.4 is 0 Å². The van der Waals surface area contributed by atoms with E-state index in [0.29, 0.717) is 5.41 Å². The van der Waals surface area contributed by atoms with Crippen LogP contribution in [0.4, 0.5) is 0 Å². The molecule has 0 radical (unpaired) electrons. The third-order valence-corrected chi connectivity index (χ3v) is 6.19. The first-order valence-corrected chi connectivity index (χ1v) is 8.69. The van der Waals surface area contributed by atoms with Crippen molar-refractivity contribution in [2.75, 3.05) is 11.9 Å². The maximum atomic E-state index is 3.73. The Balaban J connectivity index is 1.64. The molecule has 2 aliphatic carbocycles. The van der Waals surface area contributed by atoms with Gasteiger partial charge >= 0.3 is 0 Å². The summed E-state index contributed by atoms with van der Waals surface area (Å²) in [5, 5.41) is 5.69. The fourth-order valence-electron chi connectivity index (χ4n) is 2.81. The van der Waals surface area contributed by atoms with Crippen molar-refractivity contribution in [2.45, 2.75) is 44.7 Å². The van der Waals surface area contributed by atoms with Crippen LogP contribution in [0, 0.1) is 5.41 Å². The van der Waals surface area contributed by atoms with Crippen LogP contribution in [0.25, 0.3) is 0 Å². The molecule has 3 rings (SSSR count). The molecule has 17 heavy (non-hydrogen) atoms. The summed E-state index contributed by atoms with van der Waals surface area (Å²) in [5.74, 6) is 0. The second-order valence-electron chi connectivity index (χ2n) is 5.75. The molecular formula is C14H20BrNS. The first-order valence-electron chi connectivity index (χ1n) is 6.62. The molecule has 2 aliphatic rings. The summed E-state index contributed by atoms with van der Waals surface area (Å²) in [7, 11) is 0. The van der Waals surface area contributed by atoms with Crippen molar-refractivity contribution >= 4 is 27.3 Å². The SMILES string of the molecule is BrCC1(CN(Cc2ccsc2)C2CC2)CCC1. The number of thiophene rings is 1. The smallest absolute Gasteiger partial charge is 0.0245 e. The van der Waals surface area contributed by atoms with E-state index in [0.717, 1.165) is 6.04 Å². The van der Waals surface area contributed by atoms with Gasteiger partial charge < -0.3 is 0 Å². The van der Waals surface area contributed by atoms with E-state index in [2.05, 4.69) is 37.7 Å². The summed E-state index contributed by atoms with van der Waals surface area (Å²) in [6, 6.07) is 3.16. The van der Waals surface area contributed by atoms with Crippen molar-refractivity contribution in [3.63, 3.8) is 0 Å². The van der Waals surface area contributed by atoms with Gasteiger partial charge in [0.25, 0.3) is 0 Å². The van der Waals surface area contributed by atoms with E-state index in [4.69, 9.17) is 0 Å². The minimum absolute atomic E-state index is 0.596. The Morgan fingerprint density at radius 1 is 1.41 bits per heavy atom. The lowest BCUT2D eigenvalue weighted by molar-refractivity contribution is 0.0820. The fourth-order valence-corrected chi connectivity index (χ4v) is 4.21. The zero-order valence-electron chi connectivity index (χ0n) is 10.2. The Morgan fingerprint density at radius 2 is 2.24 bits per heavy atom. The van der Waals surface area contributed by atoms with Crippen molar-refractivity contribution < 1.29 is 0 Å². The molecule has 1 aromatic rings. The van der Waals surface area contributed by atoms with E-state index >= 15 is 0 Å². The van der Waals surface area contributed by atoms with Crippen LogP contribution in [0.3, 0.4) is 0 Å². The first kappa shape index (κ1) is 12.2. The highest BCUT2D eigenvalue weighted by molar-refractivity contribution is 9.09. The zero-order chi connectivity index (χ0) is 11.7. The van der Waals surface area contributed by atoms with E-state index < -0.39 is 0 Å². The Kier molecular flexibility index (Phi) is 3.60. The van der Waals surface area contributed by atoms with Crippen molar-refractivity contribution in [3.8, 4) is 0 Å². The monoisotopic (exact) mass is 313 g/mol. The standard InChI is InChI=1S/C14H20BrNS/c15-10-14(5-1-6-14)11-16(13-2-3-13)8-12-4-7-17-9-12/h4,7,9,13H,1-3,5-6,8,10-11H2. The van der Waals surface area contributed by atoms with E-state index in [1.807, 2.05) is 11.3 Å². The van der Waals surface area contributed by atoms with Gasteiger partial charge in [0.2, 0.25) is 0 Å². The highest BCUT2D eigenvalue weighted by Gasteiger charge is 2.40. The number of rotatable bonds is 6. The second kappa shape index (κ2) is 5.02. The van der Waals surface area contributed by atoms with Crippen molar-refractivity contribution in [1.29, 1.82) is 0 Å². The van der Waals surface area contributed by atoms with Gasteiger partial charge in [0.05, 0.1) is 0 Å². The number of halogens is 1. The lowest BCUT2D eigenvalue weighted by Crippen LogP contribution is -2.44. The summed E-state index contributed by atoms with van der Waals surface area (Å²) in [4.78, 5) is 2.74. The average Bonchev–Trinajstić information content (AvgIpc) is 3.01. The van der Waals surface area contributed by atoms with Crippen molar-refractivity contribution in [1.82, 2.24) is 4.90 Å². The molecule has 0 aromatic carbocycles. The number of alkyl halides is 1. The Hall–Kier alpha value is 0.140. The molecule has 1 nitrogen and oxygen atoms in total. The quantitative estimate of drug-likeness (QED) is 0.709. The Bertz CT molecular complexity index is 349. The first-order chi connectivity index (χ1) is 8.31. The van der Waals surface area contributed by atoms with Crippen LogP contribution in [-0.2, 0) is 6.54 Å². The highest BCUT2D eigenvalue weighted by atomic mass is 79.9. The average molecular weight is 314 g/mol. The summed E-state index contributed by atoms with van der Waals surface area (Å²) in [5.41, 5.74) is 2.10. The largest absolute Gasteiger partial charge is 0.296 e. The van der Waals surface area contributed by atoms with Gasteiger partial charge in [-0.1, -0.05) is 22.4 Å². The number of hydrogen-bond donors (Lipinski definition) is 0. The van der Waals surface area contributed by atoms with E-state index in [1.54, 1.807) is 0 Å². The Morgan fingerprint density at radius 3 is 2.71 bits per heavy atom. The molecule has 0 saturated heterocycles. The molecule has 0 atom stereocenters. The van der Waals surface area contributed by atoms with Crippen molar-refractivity contribution in [2.24, 2.45) is 5.41 Å². The molecular weight excluding hydrogens is 294 g/mol. The second-order valence-corrected chi connectivity index (χ2v) is 7.10. The predicted molar refractivity (Wildman–Crippen MR) is 77.8 cm³/mol. The molecule has 0 N–H and O–H groups in total. The molecule has 0 spiro atoms. The predicted octanol–water partition coefficient (Wildman–Crippen LogP) is 4.28. The van der Waals surface area contributed by atoms with Gasteiger partial charge in [-0.2, -0.15) is 11.3 Å². The van der Waals surface area contributed by atoms with Crippen LogP contribution in [0.1, 0.15) is 37.7 Å². The molecule has 0 amide bonds.